The zero-order valence-corrected chi connectivity index (χ0v) is 12.6. The number of hydrogen-bond acceptors (Lipinski definition) is 5. The summed E-state index contributed by atoms with van der Waals surface area (Å²) < 4.78 is 0. The minimum atomic E-state index is -0.416. The molecule has 0 radical (unpaired) electrons. The molecule has 1 amide bonds. The Labute approximate surface area is 134 Å². The number of nitrogens with one attached hydrogen (secondary N) is 2. The fourth-order valence-corrected chi connectivity index (χ4v) is 1.96. The zero-order valence-electron chi connectivity index (χ0n) is 12.6. The average molecular weight is 309 g/mol. The topological polar surface area (TPSA) is 106 Å². The van der Waals surface area contributed by atoms with Crippen LogP contribution in [0.1, 0.15) is 0 Å². The Hall–Kier alpha value is -3.12. The van der Waals surface area contributed by atoms with Gasteiger partial charge in [0, 0.05) is 11.3 Å². The van der Waals surface area contributed by atoms with Crippen molar-refractivity contribution in [3.8, 4) is 11.3 Å². The number of anilines is 2. The summed E-state index contributed by atoms with van der Waals surface area (Å²) in [6, 6.07) is 13.0. The molecule has 2 rings (SSSR count). The number of hydrogen-bond donors (Lipinski definition) is 4. The van der Waals surface area contributed by atoms with Gasteiger partial charge in [-0.15, -0.1) is 0 Å². The lowest BCUT2D eigenvalue weighted by molar-refractivity contribution is -0.111. The lowest BCUT2D eigenvalue weighted by Gasteiger charge is -2.12. The average Bonchev–Trinajstić information content (AvgIpc) is 2.55. The maximum atomic E-state index is 11.4. The second-order valence-electron chi connectivity index (χ2n) is 4.74. The number of aromatic nitrogens is 1. The first-order valence-corrected chi connectivity index (χ1v) is 7.04. The van der Waals surface area contributed by atoms with Crippen LogP contribution in [0.5, 0.6) is 0 Å². The van der Waals surface area contributed by atoms with Gasteiger partial charge in [0.25, 0.3) is 0 Å². The molecule has 6 N–H and O–H groups in total. The molecule has 0 saturated carbocycles. The SMILES string of the molecule is C=CC(=O)Nc1cccc(-c2cccc(NC(N)/C=C\N)n2)c1. The van der Waals surface area contributed by atoms with E-state index in [0.29, 0.717) is 11.5 Å². The monoisotopic (exact) mass is 309 g/mol. The molecule has 0 aliphatic carbocycles. The van der Waals surface area contributed by atoms with Crippen molar-refractivity contribution in [1.82, 2.24) is 4.98 Å². The highest BCUT2D eigenvalue weighted by Crippen LogP contribution is 2.22. The normalized spacial score (nSPS) is 11.9. The van der Waals surface area contributed by atoms with E-state index in [2.05, 4.69) is 22.2 Å². The predicted octanol–water partition coefficient (Wildman–Crippen LogP) is 2.04. The van der Waals surface area contributed by atoms with Gasteiger partial charge in [0.1, 0.15) is 5.82 Å². The van der Waals surface area contributed by atoms with E-state index in [-0.39, 0.29) is 5.91 Å². The molecular formula is C17H19N5O. The number of carbonyl (C=O) groups is 1. The van der Waals surface area contributed by atoms with Crippen molar-refractivity contribution in [1.29, 1.82) is 0 Å². The predicted molar refractivity (Wildman–Crippen MR) is 93.4 cm³/mol. The van der Waals surface area contributed by atoms with Gasteiger partial charge in [0.2, 0.25) is 5.91 Å². The van der Waals surface area contributed by atoms with E-state index in [9.17, 15) is 4.79 Å². The first-order chi connectivity index (χ1) is 11.1. The second-order valence-corrected chi connectivity index (χ2v) is 4.74. The van der Waals surface area contributed by atoms with Gasteiger partial charge in [-0.3, -0.25) is 4.79 Å². The summed E-state index contributed by atoms with van der Waals surface area (Å²) in [6.45, 7) is 3.43. The van der Waals surface area contributed by atoms with Crippen LogP contribution in [-0.4, -0.2) is 17.1 Å². The Kier molecular flexibility index (Phi) is 5.49. The lowest BCUT2D eigenvalue weighted by atomic mass is 10.1. The van der Waals surface area contributed by atoms with Gasteiger partial charge in [-0.05, 0) is 42.6 Å². The number of carbonyl (C=O) groups excluding carboxylic acids is 1. The molecule has 1 unspecified atom stereocenters. The Morgan fingerprint density at radius 1 is 1.26 bits per heavy atom. The maximum Gasteiger partial charge on any atom is 0.247 e. The fraction of sp³-hybridized carbons (Fsp3) is 0.0588. The van der Waals surface area contributed by atoms with Crippen LogP contribution in [-0.2, 0) is 4.79 Å². The van der Waals surface area contributed by atoms with Gasteiger partial charge in [0.05, 0.1) is 11.9 Å². The van der Waals surface area contributed by atoms with Crippen molar-refractivity contribution in [3.05, 3.63) is 67.4 Å². The van der Waals surface area contributed by atoms with E-state index in [1.54, 1.807) is 12.1 Å². The van der Waals surface area contributed by atoms with Gasteiger partial charge in [-0.25, -0.2) is 4.98 Å². The van der Waals surface area contributed by atoms with Crippen LogP contribution in [0.3, 0.4) is 0 Å². The molecule has 23 heavy (non-hydrogen) atoms. The minimum absolute atomic E-state index is 0.259. The summed E-state index contributed by atoms with van der Waals surface area (Å²) in [5.41, 5.74) is 13.4. The van der Waals surface area contributed by atoms with E-state index in [0.717, 1.165) is 11.3 Å². The summed E-state index contributed by atoms with van der Waals surface area (Å²) in [5, 5.41) is 5.75. The first-order valence-electron chi connectivity index (χ1n) is 7.04. The van der Waals surface area contributed by atoms with E-state index < -0.39 is 6.17 Å². The summed E-state index contributed by atoms with van der Waals surface area (Å²) in [4.78, 5) is 15.9. The lowest BCUT2D eigenvalue weighted by Crippen LogP contribution is -2.27. The van der Waals surface area contributed by atoms with Crippen molar-refractivity contribution in [2.75, 3.05) is 10.6 Å². The van der Waals surface area contributed by atoms with Crippen LogP contribution >= 0.6 is 0 Å². The first kappa shape index (κ1) is 16.3. The summed E-state index contributed by atoms with van der Waals surface area (Å²) in [7, 11) is 0. The third kappa shape index (κ3) is 4.69. The van der Waals surface area contributed by atoms with E-state index in [4.69, 9.17) is 11.5 Å². The van der Waals surface area contributed by atoms with Crippen molar-refractivity contribution in [2.45, 2.75) is 6.17 Å². The van der Waals surface area contributed by atoms with Crippen LogP contribution in [0, 0.1) is 0 Å². The maximum absolute atomic E-state index is 11.4. The second kappa shape index (κ2) is 7.77. The molecule has 6 heteroatoms. The molecule has 0 aliphatic heterocycles. The van der Waals surface area contributed by atoms with Crippen molar-refractivity contribution >= 4 is 17.4 Å². The molecule has 0 spiro atoms. The summed E-state index contributed by atoms with van der Waals surface area (Å²) in [6.07, 6.45) is 3.82. The van der Waals surface area contributed by atoms with E-state index in [1.807, 2.05) is 36.4 Å². The number of rotatable bonds is 6. The molecule has 0 saturated heterocycles. The Balaban J connectivity index is 2.23. The molecule has 1 heterocycles. The Morgan fingerprint density at radius 3 is 2.78 bits per heavy atom. The highest BCUT2D eigenvalue weighted by Gasteiger charge is 2.05. The third-order valence-corrected chi connectivity index (χ3v) is 2.99. The molecule has 118 valence electrons. The summed E-state index contributed by atoms with van der Waals surface area (Å²) in [5.74, 6) is 0.374. The van der Waals surface area contributed by atoms with Gasteiger partial charge in [0.15, 0.2) is 0 Å². The standard InChI is InChI=1S/C17H19N5O/c1-2-17(23)20-13-6-3-5-12(11-13)14-7-4-8-16(21-14)22-15(19)9-10-18/h2-11,15H,1,18-19H2,(H,20,23)(H,21,22)/b10-9-. The highest BCUT2D eigenvalue weighted by molar-refractivity contribution is 5.99. The fourth-order valence-electron chi connectivity index (χ4n) is 1.96. The molecule has 0 bridgehead atoms. The third-order valence-electron chi connectivity index (χ3n) is 2.99. The number of pyridine rings is 1. The van der Waals surface area contributed by atoms with E-state index in [1.165, 1.54) is 12.3 Å². The summed E-state index contributed by atoms with van der Waals surface area (Å²) >= 11 is 0. The van der Waals surface area contributed by atoms with Gasteiger partial charge in [-0.1, -0.05) is 24.8 Å². The molecule has 0 fully saturated rings. The molecule has 6 nitrogen and oxygen atoms in total. The van der Waals surface area contributed by atoms with Crippen LogP contribution in [0.25, 0.3) is 11.3 Å². The molecule has 0 aliphatic rings. The largest absolute Gasteiger partial charge is 0.405 e. The highest BCUT2D eigenvalue weighted by atomic mass is 16.1. The van der Waals surface area contributed by atoms with Crippen LogP contribution < -0.4 is 22.1 Å². The van der Waals surface area contributed by atoms with Gasteiger partial charge in [-0.2, -0.15) is 0 Å². The van der Waals surface area contributed by atoms with Gasteiger partial charge < -0.3 is 22.1 Å². The Bertz CT molecular complexity index is 726. The molecular weight excluding hydrogens is 290 g/mol. The van der Waals surface area contributed by atoms with Crippen LogP contribution in [0.2, 0.25) is 0 Å². The van der Waals surface area contributed by atoms with Gasteiger partial charge >= 0.3 is 0 Å². The number of benzene rings is 1. The van der Waals surface area contributed by atoms with Crippen molar-refractivity contribution in [2.24, 2.45) is 11.5 Å². The quantitative estimate of drug-likeness (QED) is 0.482. The van der Waals surface area contributed by atoms with Crippen LogP contribution in [0.4, 0.5) is 11.5 Å². The van der Waals surface area contributed by atoms with Crippen LogP contribution in [0.15, 0.2) is 67.4 Å². The molecule has 2 aromatic rings. The zero-order chi connectivity index (χ0) is 16.7. The van der Waals surface area contributed by atoms with Crippen molar-refractivity contribution < 1.29 is 4.79 Å². The van der Waals surface area contributed by atoms with Crippen molar-refractivity contribution in [3.63, 3.8) is 0 Å². The molecule has 1 aromatic heterocycles. The molecule has 1 atom stereocenters. The number of nitrogens with two attached hydrogens (primary N) is 2. The number of nitrogens with zero attached hydrogens (tertiary/aromatic N) is 1. The Morgan fingerprint density at radius 2 is 2.04 bits per heavy atom. The molecule has 1 aromatic carbocycles. The number of amides is 1. The van der Waals surface area contributed by atoms with E-state index >= 15 is 0 Å². The minimum Gasteiger partial charge on any atom is -0.405 e. The smallest absolute Gasteiger partial charge is 0.247 e.